The number of aliphatic hydroxyl groups excluding tert-OH is 1. The van der Waals surface area contributed by atoms with Gasteiger partial charge in [-0.15, -0.1) is 11.3 Å². The second-order valence-corrected chi connectivity index (χ2v) is 7.03. The molecule has 19 heavy (non-hydrogen) atoms. The van der Waals surface area contributed by atoms with Crippen molar-refractivity contribution in [1.82, 2.24) is 0 Å². The van der Waals surface area contributed by atoms with Crippen molar-refractivity contribution in [2.45, 2.75) is 26.0 Å². The highest BCUT2D eigenvalue weighted by molar-refractivity contribution is 9.11. The van der Waals surface area contributed by atoms with Gasteiger partial charge >= 0.3 is 0 Å². The smallest absolute Gasteiger partial charge is 0.0712 e. The molecule has 0 radical (unpaired) electrons. The van der Waals surface area contributed by atoms with Gasteiger partial charge in [-0.1, -0.05) is 25.1 Å². The summed E-state index contributed by atoms with van der Waals surface area (Å²) in [7, 11) is 0. The molecule has 0 saturated carbocycles. The lowest BCUT2D eigenvalue weighted by Crippen LogP contribution is -2.31. The number of halogens is 1. The Kier molecular flexibility index (Phi) is 5.43. The molecule has 1 N–H and O–H groups in total. The minimum Gasteiger partial charge on any atom is -0.391 e. The van der Waals surface area contributed by atoms with Crippen molar-refractivity contribution in [2.24, 2.45) is 0 Å². The third-order valence-electron chi connectivity index (χ3n) is 3.00. The second kappa shape index (κ2) is 7.08. The van der Waals surface area contributed by atoms with Crippen molar-refractivity contribution in [3.8, 4) is 0 Å². The van der Waals surface area contributed by atoms with Gasteiger partial charge in [0.15, 0.2) is 0 Å². The van der Waals surface area contributed by atoms with Crippen molar-refractivity contribution in [3.63, 3.8) is 0 Å². The van der Waals surface area contributed by atoms with Crippen LogP contribution in [0.2, 0.25) is 0 Å². The van der Waals surface area contributed by atoms with Crippen LogP contribution in [0.5, 0.6) is 0 Å². The van der Waals surface area contributed by atoms with Crippen LogP contribution in [0.3, 0.4) is 0 Å². The lowest BCUT2D eigenvalue weighted by atomic mass is 10.2. The number of aliphatic hydroxyl groups is 1. The van der Waals surface area contributed by atoms with Crippen LogP contribution in [0, 0.1) is 0 Å². The monoisotopic (exact) mass is 339 g/mol. The van der Waals surface area contributed by atoms with Crippen LogP contribution >= 0.6 is 27.3 Å². The van der Waals surface area contributed by atoms with E-state index >= 15 is 0 Å². The molecule has 2 aromatic rings. The number of hydrogen-bond donors (Lipinski definition) is 1. The van der Waals surface area contributed by atoms with Crippen LogP contribution in [0.1, 0.15) is 18.2 Å². The molecule has 0 aliphatic rings. The van der Waals surface area contributed by atoms with Crippen LogP contribution < -0.4 is 4.90 Å². The molecule has 1 atom stereocenters. The summed E-state index contributed by atoms with van der Waals surface area (Å²) >= 11 is 5.23. The van der Waals surface area contributed by atoms with Crippen LogP contribution in [0.4, 0.5) is 5.69 Å². The number of benzene rings is 1. The molecule has 0 bridgehead atoms. The molecule has 0 fully saturated rings. The molecule has 1 unspecified atom stereocenters. The van der Waals surface area contributed by atoms with Gasteiger partial charge < -0.3 is 10.0 Å². The summed E-state index contributed by atoms with van der Waals surface area (Å²) in [6.45, 7) is 3.50. The lowest BCUT2D eigenvalue weighted by molar-refractivity contribution is 0.175. The first kappa shape index (κ1) is 14.6. The molecule has 0 saturated heterocycles. The fraction of sp³-hybridized carbons (Fsp3) is 0.333. The zero-order valence-electron chi connectivity index (χ0n) is 10.9. The SMILES string of the molecule is CCC(O)CN(Cc1ccc(Br)s1)c1ccccc1. The highest BCUT2D eigenvalue weighted by atomic mass is 79.9. The highest BCUT2D eigenvalue weighted by Gasteiger charge is 2.12. The molecule has 4 heteroatoms. The van der Waals surface area contributed by atoms with Gasteiger partial charge in [-0.2, -0.15) is 0 Å². The molecule has 2 nitrogen and oxygen atoms in total. The van der Waals surface area contributed by atoms with E-state index in [4.69, 9.17) is 0 Å². The molecule has 0 aliphatic heterocycles. The minimum atomic E-state index is -0.288. The number of hydrogen-bond acceptors (Lipinski definition) is 3. The minimum absolute atomic E-state index is 0.288. The van der Waals surface area contributed by atoms with E-state index in [9.17, 15) is 5.11 Å². The Labute approximate surface area is 126 Å². The van der Waals surface area contributed by atoms with E-state index in [1.807, 2.05) is 25.1 Å². The van der Waals surface area contributed by atoms with Crippen molar-refractivity contribution < 1.29 is 5.11 Å². The highest BCUT2D eigenvalue weighted by Crippen LogP contribution is 2.25. The maximum absolute atomic E-state index is 9.93. The summed E-state index contributed by atoms with van der Waals surface area (Å²) in [4.78, 5) is 3.52. The Balaban J connectivity index is 2.14. The van der Waals surface area contributed by atoms with E-state index in [-0.39, 0.29) is 6.10 Å². The number of para-hydroxylation sites is 1. The van der Waals surface area contributed by atoms with Crippen molar-refractivity contribution in [2.75, 3.05) is 11.4 Å². The lowest BCUT2D eigenvalue weighted by Gasteiger charge is -2.26. The van der Waals surface area contributed by atoms with Gasteiger partial charge in [-0.25, -0.2) is 0 Å². The molecular weight excluding hydrogens is 322 g/mol. The van der Waals surface area contributed by atoms with Gasteiger partial charge in [0, 0.05) is 17.1 Å². The number of rotatable bonds is 6. The first-order valence-electron chi connectivity index (χ1n) is 6.41. The maximum atomic E-state index is 9.93. The third-order valence-corrected chi connectivity index (χ3v) is 4.61. The standard InChI is InChI=1S/C15H18BrNOS/c1-2-13(18)10-17(12-6-4-3-5-7-12)11-14-8-9-15(16)19-14/h3-9,13,18H,2,10-11H2,1H3. The molecule has 102 valence electrons. The van der Waals surface area contributed by atoms with Gasteiger partial charge in [0.1, 0.15) is 0 Å². The number of anilines is 1. The molecular formula is C15H18BrNOS. The Bertz CT molecular complexity index is 500. The fourth-order valence-electron chi connectivity index (χ4n) is 1.91. The van der Waals surface area contributed by atoms with Crippen LogP contribution in [-0.4, -0.2) is 17.8 Å². The summed E-state index contributed by atoms with van der Waals surface area (Å²) in [5, 5.41) is 9.93. The van der Waals surface area contributed by atoms with Crippen LogP contribution in [-0.2, 0) is 6.54 Å². The van der Waals surface area contributed by atoms with Crippen molar-refractivity contribution >= 4 is 33.0 Å². The average molecular weight is 340 g/mol. The maximum Gasteiger partial charge on any atom is 0.0712 e. The van der Waals surface area contributed by atoms with Gasteiger partial charge in [-0.05, 0) is 46.6 Å². The first-order valence-corrected chi connectivity index (χ1v) is 8.02. The summed E-state index contributed by atoms with van der Waals surface area (Å²) in [6.07, 6.45) is 0.487. The van der Waals surface area contributed by atoms with E-state index in [0.29, 0.717) is 6.54 Å². The molecule has 1 heterocycles. The largest absolute Gasteiger partial charge is 0.391 e. The van der Waals surface area contributed by atoms with E-state index in [1.165, 1.54) is 4.88 Å². The van der Waals surface area contributed by atoms with E-state index < -0.39 is 0 Å². The number of nitrogens with zero attached hydrogens (tertiary/aromatic N) is 1. The van der Waals surface area contributed by atoms with Gasteiger partial charge in [-0.3, -0.25) is 0 Å². The molecule has 2 rings (SSSR count). The average Bonchev–Trinajstić information content (AvgIpc) is 2.84. The molecule has 0 aliphatic carbocycles. The Hall–Kier alpha value is -0.840. The molecule has 0 spiro atoms. The molecule has 1 aromatic heterocycles. The van der Waals surface area contributed by atoms with E-state index in [1.54, 1.807) is 11.3 Å². The number of thiophene rings is 1. The van der Waals surface area contributed by atoms with E-state index in [2.05, 4.69) is 45.1 Å². The summed E-state index contributed by atoms with van der Waals surface area (Å²) in [6, 6.07) is 14.5. The quantitative estimate of drug-likeness (QED) is 0.848. The van der Waals surface area contributed by atoms with Crippen LogP contribution in [0.25, 0.3) is 0 Å². The Morgan fingerprint density at radius 3 is 2.53 bits per heavy atom. The van der Waals surface area contributed by atoms with Gasteiger partial charge in [0.2, 0.25) is 0 Å². The Morgan fingerprint density at radius 2 is 1.95 bits per heavy atom. The normalized spacial score (nSPS) is 12.4. The van der Waals surface area contributed by atoms with E-state index in [0.717, 1.165) is 22.4 Å². The predicted octanol–water partition coefficient (Wildman–Crippen LogP) is 4.29. The first-order chi connectivity index (χ1) is 9.19. The van der Waals surface area contributed by atoms with Crippen LogP contribution in [0.15, 0.2) is 46.3 Å². The topological polar surface area (TPSA) is 23.5 Å². The van der Waals surface area contributed by atoms with Crippen molar-refractivity contribution in [3.05, 3.63) is 51.1 Å². The summed E-state index contributed by atoms with van der Waals surface area (Å²) in [5.41, 5.74) is 1.15. The summed E-state index contributed by atoms with van der Waals surface area (Å²) < 4.78 is 1.14. The van der Waals surface area contributed by atoms with Crippen molar-refractivity contribution in [1.29, 1.82) is 0 Å². The molecule has 0 amide bonds. The zero-order valence-corrected chi connectivity index (χ0v) is 13.3. The molecule has 1 aromatic carbocycles. The Morgan fingerprint density at radius 1 is 1.21 bits per heavy atom. The third kappa shape index (κ3) is 4.34. The fourth-order valence-corrected chi connectivity index (χ4v) is 3.41. The van der Waals surface area contributed by atoms with Gasteiger partial charge in [0.25, 0.3) is 0 Å². The second-order valence-electron chi connectivity index (χ2n) is 4.48. The van der Waals surface area contributed by atoms with Gasteiger partial charge in [0.05, 0.1) is 16.4 Å². The summed E-state index contributed by atoms with van der Waals surface area (Å²) in [5.74, 6) is 0. The zero-order chi connectivity index (χ0) is 13.7. The predicted molar refractivity (Wildman–Crippen MR) is 85.8 cm³/mol.